The summed E-state index contributed by atoms with van der Waals surface area (Å²) in [5.41, 5.74) is -0.133. The predicted molar refractivity (Wildman–Crippen MR) is 59.2 cm³/mol. The molecule has 1 unspecified atom stereocenters. The van der Waals surface area contributed by atoms with Crippen molar-refractivity contribution < 1.29 is 31.6 Å². The Bertz CT molecular complexity index is 507. The molecule has 0 aliphatic carbocycles. The normalized spacial score (nSPS) is 12.9. The zero-order chi connectivity index (χ0) is 15.5. The zero-order valence-corrected chi connectivity index (χ0v) is 10.2. The Labute approximate surface area is 111 Å². The summed E-state index contributed by atoms with van der Waals surface area (Å²) >= 11 is 0. The fourth-order valence-electron chi connectivity index (χ4n) is 1.28. The zero-order valence-electron chi connectivity index (χ0n) is 10.2. The van der Waals surface area contributed by atoms with Crippen molar-refractivity contribution in [2.45, 2.75) is 19.1 Å². The molecular weight excluding hydrogens is 285 g/mol. The van der Waals surface area contributed by atoms with Crippen LogP contribution < -0.4 is 5.48 Å². The first-order valence-electron chi connectivity index (χ1n) is 5.27. The number of rotatable bonds is 4. The van der Waals surface area contributed by atoms with Crippen LogP contribution in [0.5, 0.6) is 0 Å². The molecule has 20 heavy (non-hydrogen) atoms. The van der Waals surface area contributed by atoms with Gasteiger partial charge in [-0.1, -0.05) is 12.6 Å². The summed E-state index contributed by atoms with van der Waals surface area (Å²) in [6, 6.07) is -0.577. The number of hydroxylamine groups is 1. The third-order valence-corrected chi connectivity index (χ3v) is 2.23. The van der Waals surface area contributed by atoms with Crippen molar-refractivity contribution in [1.82, 2.24) is 5.48 Å². The minimum atomic E-state index is -5.07. The molecule has 0 radical (unpaired) electrons. The first-order chi connectivity index (χ1) is 9.14. The van der Waals surface area contributed by atoms with Crippen molar-refractivity contribution in [3.63, 3.8) is 0 Å². The molecule has 1 atom stereocenters. The maximum atomic E-state index is 13.4. The number of hydrogen-bond donors (Lipinski definition) is 1. The summed E-state index contributed by atoms with van der Waals surface area (Å²) in [6.07, 6.45) is -5.07. The molecule has 0 aromatic heterocycles. The topological polar surface area (TPSA) is 38.3 Å². The van der Waals surface area contributed by atoms with E-state index in [0.717, 1.165) is 6.07 Å². The summed E-state index contributed by atoms with van der Waals surface area (Å²) in [7, 11) is 0. The third-order valence-electron chi connectivity index (χ3n) is 2.23. The lowest BCUT2D eigenvalue weighted by atomic mass is 10.1. The summed E-state index contributed by atoms with van der Waals surface area (Å²) < 4.78 is 65.2. The Morgan fingerprint density at radius 2 is 1.80 bits per heavy atom. The number of carbonyl (C=O) groups excluding carboxylic acids is 1. The van der Waals surface area contributed by atoms with Gasteiger partial charge in [-0.05, 0) is 19.1 Å². The molecule has 0 spiro atoms. The summed E-state index contributed by atoms with van der Waals surface area (Å²) in [4.78, 5) is 15.2. The van der Waals surface area contributed by atoms with E-state index in [1.807, 2.05) is 0 Å². The standard InChI is InChI=1S/C12H10F5NO2/c1-6(2)11(19)20-18-10(12(15,16)17)9-7(13)4-3-5-8(9)14/h3-5,10,18H,1H2,2H3. The number of carbonyl (C=O) groups is 1. The Morgan fingerprint density at radius 3 is 2.20 bits per heavy atom. The van der Waals surface area contributed by atoms with Gasteiger partial charge in [0.1, 0.15) is 11.6 Å². The number of hydrogen-bond acceptors (Lipinski definition) is 3. The second-order valence-corrected chi connectivity index (χ2v) is 3.90. The largest absolute Gasteiger partial charge is 0.411 e. The van der Waals surface area contributed by atoms with Gasteiger partial charge < -0.3 is 4.84 Å². The SMILES string of the molecule is C=C(C)C(=O)ONC(c1c(F)cccc1F)C(F)(F)F. The molecule has 8 heteroatoms. The molecule has 3 nitrogen and oxygen atoms in total. The average molecular weight is 295 g/mol. The minimum absolute atomic E-state index is 0.174. The van der Waals surface area contributed by atoms with Crippen molar-refractivity contribution in [2.75, 3.05) is 0 Å². The van der Waals surface area contributed by atoms with E-state index in [2.05, 4.69) is 11.4 Å². The molecular formula is C12H10F5NO2. The fraction of sp³-hybridized carbons (Fsp3) is 0.250. The van der Waals surface area contributed by atoms with Gasteiger partial charge in [-0.15, -0.1) is 5.48 Å². The second kappa shape index (κ2) is 6.00. The van der Waals surface area contributed by atoms with Gasteiger partial charge in [0.15, 0.2) is 6.04 Å². The Hall–Kier alpha value is -1.96. The van der Waals surface area contributed by atoms with Gasteiger partial charge in [0.25, 0.3) is 0 Å². The van der Waals surface area contributed by atoms with Gasteiger partial charge in [-0.25, -0.2) is 13.6 Å². The Morgan fingerprint density at radius 1 is 1.30 bits per heavy atom. The van der Waals surface area contributed by atoms with Gasteiger partial charge in [0.05, 0.1) is 5.56 Å². The maximum Gasteiger partial charge on any atom is 0.411 e. The van der Waals surface area contributed by atoms with E-state index in [4.69, 9.17) is 0 Å². The predicted octanol–water partition coefficient (Wildman–Crippen LogP) is 3.19. The lowest BCUT2D eigenvalue weighted by Gasteiger charge is -2.22. The van der Waals surface area contributed by atoms with E-state index in [1.54, 1.807) is 0 Å². The van der Waals surface area contributed by atoms with Crippen molar-refractivity contribution in [2.24, 2.45) is 0 Å². The van der Waals surface area contributed by atoms with Gasteiger partial charge in [0, 0.05) is 5.57 Å². The highest BCUT2D eigenvalue weighted by Gasteiger charge is 2.45. The summed E-state index contributed by atoms with van der Waals surface area (Å²) in [5.74, 6) is -3.99. The molecule has 0 heterocycles. The Kier molecular flexibility index (Phi) is 4.83. The molecule has 1 aromatic carbocycles. The van der Waals surface area contributed by atoms with Crippen molar-refractivity contribution in [3.05, 3.63) is 47.5 Å². The first kappa shape index (κ1) is 16.1. The van der Waals surface area contributed by atoms with Crippen LogP contribution >= 0.6 is 0 Å². The van der Waals surface area contributed by atoms with Crippen LogP contribution in [0.4, 0.5) is 22.0 Å². The second-order valence-electron chi connectivity index (χ2n) is 3.90. The van der Waals surface area contributed by atoms with Crippen LogP contribution in [-0.2, 0) is 9.63 Å². The van der Waals surface area contributed by atoms with Crippen LogP contribution in [0.25, 0.3) is 0 Å². The van der Waals surface area contributed by atoms with E-state index in [9.17, 15) is 26.7 Å². The molecule has 0 fully saturated rings. The number of halogens is 5. The molecule has 1 aromatic rings. The van der Waals surface area contributed by atoms with E-state index >= 15 is 0 Å². The van der Waals surface area contributed by atoms with Crippen LogP contribution in [0.3, 0.4) is 0 Å². The highest BCUT2D eigenvalue weighted by atomic mass is 19.4. The fourth-order valence-corrected chi connectivity index (χ4v) is 1.28. The first-order valence-corrected chi connectivity index (χ1v) is 5.27. The average Bonchev–Trinajstić information content (AvgIpc) is 2.30. The lowest BCUT2D eigenvalue weighted by Crippen LogP contribution is -2.37. The van der Waals surface area contributed by atoms with Crippen molar-refractivity contribution in [3.8, 4) is 0 Å². The Balaban J connectivity index is 3.08. The van der Waals surface area contributed by atoms with Gasteiger partial charge >= 0.3 is 12.1 Å². The lowest BCUT2D eigenvalue weighted by molar-refractivity contribution is -0.192. The van der Waals surface area contributed by atoms with Crippen molar-refractivity contribution in [1.29, 1.82) is 0 Å². The van der Waals surface area contributed by atoms with Crippen LogP contribution in [0.15, 0.2) is 30.4 Å². The molecule has 110 valence electrons. The van der Waals surface area contributed by atoms with Crippen LogP contribution in [0.2, 0.25) is 0 Å². The van der Waals surface area contributed by atoms with Crippen LogP contribution in [0.1, 0.15) is 18.5 Å². The number of alkyl halides is 3. The molecule has 0 aliphatic rings. The van der Waals surface area contributed by atoms with Crippen LogP contribution in [0, 0.1) is 11.6 Å². The molecule has 0 amide bonds. The monoisotopic (exact) mass is 295 g/mol. The summed E-state index contributed by atoms with van der Waals surface area (Å²) in [6.45, 7) is 4.36. The molecule has 1 N–H and O–H groups in total. The van der Waals surface area contributed by atoms with E-state index in [-0.39, 0.29) is 5.57 Å². The highest BCUT2D eigenvalue weighted by Crippen LogP contribution is 2.35. The molecule has 0 bridgehead atoms. The smallest absolute Gasteiger partial charge is 0.366 e. The minimum Gasteiger partial charge on any atom is -0.366 e. The molecule has 1 rings (SSSR count). The van der Waals surface area contributed by atoms with E-state index < -0.39 is 35.4 Å². The molecule has 0 saturated heterocycles. The quantitative estimate of drug-likeness (QED) is 0.526. The molecule has 0 aliphatic heterocycles. The van der Waals surface area contributed by atoms with Gasteiger partial charge in [-0.2, -0.15) is 13.2 Å². The maximum absolute atomic E-state index is 13.4. The van der Waals surface area contributed by atoms with Crippen LogP contribution in [-0.4, -0.2) is 12.1 Å². The number of benzene rings is 1. The highest BCUT2D eigenvalue weighted by molar-refractivity contribution is 5.86. The van der Waals surface area contributed by atoms with E-state index in [0.29, 0.717) is 12.1 Å². The van der Waals surface area contributed by atoms with Gasteiger partial charge in [0.2, 0.25) is 0 Å². The summed E-state index contributed by atoms with van der Waals surface area (Å²) in [5, 5.41) is 0. The third kappa shape index (κ3) is 3.77. The van der Waals surface area contributed by atoms with E-state index in [1.165, 1.54) is 12.4 Å². The number of nitrogens with one attached hydrogen (secondary N) is 1. The van der Waals surface area contributed by atoms with Crippen molar-refractivity contribution >= 4 is 5.97 Å². The van der Waals surface area contributed by atoms with Gasteiger partial charge in [-0.3, -0.25) is 0 Å². The molecule has 0 saturated carbocycles.